The second-order valence-corrected chi connectivity index (χ2v) is 9.67. The number of hydrogen-bond acceptors (Lipinski definition) is 6. The average molecular weight is 458 g/mol. The quantitative estimate of drug-likeness (QED) is 0.324. The van der Waals surface area contributed by atoms with Gasteiger partial charge < -0.3 is 9.64 Å². The van der Waals surface area contributed by atoms with Crippen LogP contribution in [0.4, 0.5) is 5.69 Å². The minimum Gasteiger partial charge on any atom is -0.465 e. The first-order chi connectivity index (χ1) is 16.1. The molecule has 0 aliphatic carbocycles. The fourth-order valence-corrected chi connectivity index (χ4v) is 5.82. The number of esters is 1. The number of aromatic nitrogens is 2. The van der Waals surface area contributed by atoms with Crippen molar-refractivity contribution in [3.8, 4) is 21.1 Å². The van der Waals surface area contributed by atoms with Crippen LogP contribution in [0.1, 0.15) is 43.5 Å². The highest BCUT2D eigenvalue weighted by Crippen LogP contribution is 2.36. The number of anilines is 1. The molecule has 0 amide bonds. The van der Waals surface area contributed by atoms with E-state index in [4.69, 9.17) is 4.74 Å². The minimum atomic E-state index is -0.340. The van der Waals surface area contributed by atoms with Crippen LogP contribution in [-0.4, -0.2) is 35.4 Å². The summed E-state index contributed by atoms with van der Waals surface area (Å²) in [6.45, 7) is 4.63. The molecular weight excluding hydrogens is 430 g/mol. The van der Waals surface area contributed by atoms with E-state index in [0.29, 0.717) is 17.6 Å². The zero-order valence-corrected chi connectivity index (χ0v) is 19.9. The number of carbonyl (C=O) groups excluding carboxylic acids is 1. The van der Waals surface area contributed by atoms with Gasteiger partial charge in [-0.15, -0.1) is 10.2 Å². The van der Waals surface area contributed by atoms with E-state index < -0.39 is 0 Å². The number of fused-ring (bicyclic) bond motifs is 1. The number of ether oxygens (including phenoxy) is 1. The minimum absolute atomic E-state index is 0.340. The standard InChI is InChI=1S/C27H27N3O2S/c1-17-7-6-8-18(2)30(17)20-13-11-19(12-14-20)25-28-29-26(33-25)23-15-16-24(27(31)32-3)22-10-5-4-9-21(22)23/h4-5,9-18H,6-8H2,1-3H3. The number of carbonyl (C=O) groups is 1. The molecule has 0 N–H and O–H groups in total. The van der Waals surface area contributed by atoms with E-state index in [1.807, 2.05) is 30.3 Å². The molecule has 0 spiro atoms. The fourth-order valence-electron chi connectivity index (χ4n) is 4.93. The van der Waals surface area contributed by atoms with E-state index in [1.165, 1.54) is 32.1 Å². The predicted octanol–water partition coefficient (Wildman–Crippen LogP) is 6.58. The highest BCUT2D eigenvalue weighted by molar-refractivity contribution is 7.18. The van der Waals surface area contributed by atoms with Gasteiger partial charge in [-0.3, -0.25) is 0 Å². The summed E-state index contributed by atoms with van der Waals surface area (Å²) in [7, 11) is 1.40. The van der Waals surface area contributed by atoms with Gasteiger partial charge in [0.05, 0.1) is 12.7 Å². The average Bonchev–Trinajstić information content (AvgIpc) is 3.33. The van der Waals surface area contributed by atoms with Crippen molar-refractivity contribution in [2.75, 3.05) is 12.0 Å². The molecule has 1 aliphatic rings. The Hall–Kier alpha value is -3.25. The Morgan fingerprint density at radius 1 is 0.909 bits per heavy atom. The number of benzene rings is 3. The molecule has 33 heavy (non-hydrogen) atoms. The first-order valence-electron chi connectivity index (χ1n) is 11.4. The summed E-state index contributed by atoms with van der Waals surface area (Å²) >= 11 is 1.56. The Labute approximate surface area is 198 Å². The number of piperidine rings is 1. The fraction of sp³-hybridized carbons (Fsp3) is 0.296. The van der Waals surface area contributed by atoms with Gasteiger partial charge >= 0.3 is 5.97 Å². The topological polar surface area (TPSA) is 55.3 Å². The Morgan fingerprint density at radius 3 is 2.27 bits per heavy atom. The Kier molecular flexibility index (Phi) is 5.85. The molecule has 2 atom stereocenters. The maximum atomic E-state index is 12.2. The third-order valence-electron chi connectivity index (χ3n) is 6.59. The molecule has 2 heterocycles. The van der Waals surface area contributed by atoms with Gasteiger partial charge in [-0.25, -0.2) is 4.79 Å². The lowest BCUT2D eigenvalue weighted by atomic mass is 9.96. The summed E-state index contributed by atoms with van der Waals surface area (Å²) in [4.78, 5) is 14.7. The van der Waals surface area contributed by atoms with E-state index in [-0.39, 0.29) is 5.97 Å². The van der Waals surface area contributed by atoms with E-state index in [1.54, 1.807) is 17.4 Å². The third-order valence-corrected chi connectivity index (χ3v) is 7.60. The second kappa shape index (κ2) is 8.94. The molecule has 0 bridgehead atoms. The van der Waals surface area contributed by atoms with Crippen LogP contribution < -0.4 is 4.90 Å². The molecule has 168 valence electrons. The second-order valence-electron chi connectivity index (χ2n) is 8.69. The summed E-state index contributed by atoms with van der Waals surface area (Å²) < 4.78 is 4.95. The summed E-state index contributed by atoms with van der Waals surface area (Å²) in [5.41, 5.74) is 3.86. The molecule has 1 aliphatic heterocycles. The van der Waals surface area contributed by atoms with Crippen molar-refractivity contribution < 1.29 is 9.53 Å². The molecule has 1 aromatic heterocycles. The smallest absolute Gasteiger partial charge is 0.338 e. The molecule has 0 radical (unpaired) electrons. The zero-order chi connectivity index (χ0) is 22.9. The molecule has 1 fully saturated rings. The van der Waals surface area contributed by atoms with Gasteiger partial charge in [0.25, 0.3) is 0 Å². The van der Waals surface area contributed by atoms with Gasteiger partial charge in [0.15, 0.2) is 0 Å². The van der Waals surface area contributed by atoms with Crippen LogP contribution in [-0.2, 0) is 4.74 Å². The SMILES string of the molecule is COC(=O)c1ccc(-c2nnc(-c3ccc(N4C(C)CCCC4C)cc3)s2)c2ccccc12. The van der Waals surface area contributed by atoms with Gasteiger partial charge in [0.1, 0.15) is 10.0 Å². The summed E-state index contributed by atoms with van der Waals surface area (Å²) in [5, 5.41) is 12.5. The molecule has 0 saturated carbocycles. The Bertz CT molecular complexity index is 1290. The maximum Gasteiger partial charge on any atom is 0.338 e. The van der Waals surface area contributed by atoms with Crippen molar-refractivity contribution in [3.05, 3.63) is 66.2 Å². The van der Waals surface area contributed by atoms with Crippen LogP contribution in [0.2, 0.25) is 0 Å². The van der Waals surface area contributed by atoms with E-state index in [2.05, 4.69) is 53.2 Å². The summed E-state index contributed by atoms with van der Waals surface area (Å²) in [6, 6.07) is 21.4. The summed E-state index contributed by atoms with van der Waals surface area (Å²) in [5.74, 6) is -0.340. The molecule has 4 aromatic rings. The van der Waals surface area contributed by atoms with Gasteiger partial charge in [-0.05, 0) is 74.2 Å². The van der Waals surface area contributed by atoms with Gasteiger partial charge in [-0.2, -0.15) is 0 Å². The first-order valence-corrected chi connectivity index (χ1v) is 12.2. The van der Waals surface area contributed by atoms with Crippen LogP contribution >= 0.6 is 11.3 Å². The van der Waals surface area contributed by atoms with Crippen LogP contribution in [0, 0.1) is 0 Å². The van der Waals surface area contributed by atoms with Crippen LogP contribution in [0.25, 0.3) is 31.9 Å². The van der Waals surface area contributed by atoms with Crippen LogP contribution in [0.3, 0.4) is 0 Å². The van der Waals surface area contributed by atoms with Gasteiger partial charge in [0, 0.05) is 28.9 Å². The molecule has 5 nitrogen and oxygen atoms in total. The number of rotatable bonds is 4. The first kappa shape index (κ1) is 21.6. The molecule has 5 rings (SSSR count). The van der Waals surface area contributed by atoms with Gasteiger partial charge in [0.2, 0.25) is 0 Å². The number of methoxy groups -OCH3 is 1. The number of hydrogen-bond donors (Lipinski definition) is 0. The highest BCUT2D eigenvalue weighted by Gasteiger charge is 2.25. The predicted molar refractivity (Wildman–Crippen MR) is 135 cm³/mol. The third kappa shape index (κ3) is 4.00. The largest absolute Gasteiger partial charge is 0.465 e. The van der Waals surface area contributed by atoms with Crippen molar-refractivity contribution in [3.63, 3.8) is 0 Å². The molecule has 1 saturated heterocycles. The lowest BCUT2D eigenvalue weighted by Gasteiger charge is -2.41. The molecular formula is C27H27N3O2S. The molecule has 3 aromatic carbocycles. The van der Waals surface area contributed by atoms with Crippen molar-refractivity contribution in [2.45, 2.75) is 45.2 Å². The van der Waals surface area contributed by atoms with E-state index in [0.717, 1.165) is 31.9 Å². The van der Waals surface area contributed by atoms with Crippen molar-refractivity contribution >= 4 is 33.8 Å². The Balaban J connectivity index is 1.47. The summed E-state index contributed by atoms with van der Waals surface area (Å²) in [6.07, 6.45) is 3.79. The zero-order valence-electron chi connectivity index (χ0n) is 19.1. The van der Waals surface area contributed by atoms with Crippen LogP contribution in [0.15, 0.2) is 60.7 Å². The monoisotopic (exact) mass is 457 g/mol. The lowest BCUT2D eigenvalue weighted by molar-refractivity contribution is 0.0603. The normalized spacial score (nSPS) is 18.5. The molecule has 2 unspecified atom stereocenters. The Morgan fingerprint density at radius 2 is 1.58 bits per heavy atom. The highest BCUT2D eigenvalue weighted by atomic mass is 32.1. The van der Waals surface area contributed by atoms with Crippen molar-refractivity contribution in [1.82, 2.24) is 10.2 Å². The van der Waals surface area contributed by atoms with Crippen LogP contribution in [0.5, 0.6) is 0 Å². The lowest BCUT2D eigenvalue weighted by Crippen LogP contribution is -2.43. The van der Waals surface area contributed by atoms with E-state index >= 15 is 0 Å². The number of nitrogens with zero attached hydrogens (tertiary/aromatic N) is 3. The van der Waals surface area contributed by atoms with Gasteiger partial charge in [-0.1, -0.05) is 41.7 Å². The van der Waals surface area contributed by atoms with Crippen molar-refractivity contribution in [2.24, 2.45) is 0 Å². The maximum absolute atomic E-state index is 12.2. The molecule has 6 heteroatoms. The van der Waals surface area contributed by atoms with Crippen molar-refractivity contribution in [1.29, 1.82) is 0 Å². The van der Waals surface area contributed by atoms with E-state index in [9.17, 15) is 4.79 Å².